The molecule has 1 saturated heterocycles. The minimum atomic E-state index is -1.19. The largest absolute Gasteiger partial charge is 0.497 e. The zero-order valence-corrected chi connectivity index (χ0v) is 31.7. The molecule has 4 atom stereocenters. The summed E-state index contributed by atoms with van der Waals surface area (Å²) in [6.45, 7) is 13.9. The molecule has 3 aromatic carbocycles. The Hall–Kier alpha value is -4.12. The minimum Gasteiger partial charge on any atom is -0.497 e. The Morgan fingerprint density at radius 3 is 1.94 bits per heavy atom. The minimum absolute atomic E-state index is 0.214. The second kappa shape index (κ2) is 16.5. The molecule has 1 aromatic heterocycles. The highest BCUT2D eigenvalue weighted by atomic mass is 31.2. The molecule has 1 N–H and O–H groups in total. The number of nitrogens with zero attached hydrogens (tertiary/aromatic N) is 3. The highest BCUT2D eigenvalue weighted by Gasteiger charge is 2.48. The van der Waals surface area contributed by atoms with E-state index in [4.69, 9.17) is 23.5 Å². The number of rotatable bonds is 14. The fraction of sp³-hybridized carbons (Fsp3) is 0.410. The van der Waals surface area contributed by atoms with Gasteiger partial charge in [0.05, 0.1) is 14.2 Å². The third-order valence-electron chi connectivity index (χ3n) is 8.91. The molecule has 2 heterocycles. The fourth-order valence-electron chi connectivity index (χ4n) is 6.75. The number of carbonyl (C=O) groups is 1. The molecular weight excluding hydrogens is 667 g/mol. The number of benzene rings is 3. The number of hydrogen-bond acceptors (Lipinski definition) is 9. The van der Waals surface area contributed by atoms with Crippen LogP contribution in [0.5, 0.6) is 11.5 Å². The van der Waals surface area contributed by atoms with Crippen LogP contribution in [-0.4, -0.2) is 65.5 Å². The molecule has 1 aliphatic rings. The van der Waals surface area contributed by atoms with Gasteiger partial charge in [-0.05, 0) is 82.2 Å². The highest BCUT2D eigenvalue weighted by Crippen LogP contribution is 2.49. The van der Waals surface area contributed by atoms with Crippen molar-refractivity contribution in [2.75, 3.05) is 26.2 Å². The molecule has 51 heavy (non-hydrogen) atoms. The number of anilines is 1. The van der Waals surface area contributed by atoms with E-state index in [-0.39, 0.29) is 23.8 Å². The van der Waals surface area contributed by atoms with E-state index in [1.165, 1.54) is 11.5 Å². The van der Waals surface area contributed by atoms with Gasteiger partial charge in [-0.25, -0.2) is 4.79 Å². The molecule has 0 spiro atoms. The summed E-state index contributed by atoms with van der Waals surface area (Å²) < 4.78 is 35.9. The smallest absolute Gasteiger partial charge is 0.351 e. The van der Waals surface area contributed by atoms with Crippen molar-refractivity contribution in [3.8, 4) is 11.5 Å². The van der Waals surface area contributed by atoms with Crippen LogP contribution in [0.3, 0.4) is 0 Å². The Balaban J connectivity index is 1.66. The maximum Gasteiger partial charge on any atom is 0.351 e. The van der Waals surface area contributed by atoms with E-state index in [9.17, 15) is 9.59 Å². The summed E-state index contributed by atoms with van der Waals surface area (Å²) >= 11 is 0. The van der Waals surface area contributed by atoms with Gasteiger partial charge in [-0.15, -0.1) is 0 Å². The molecule has 0 radical (unpaired) electrons. The standard InChI is InChI=1S/C39H49N4O7P/c1-25(2)43(26(3)4)51(9)50-34-23-35(42-24-27(5)36(40-28(6)44)41-38(42)45)48-37(34)49-39(29-13-11-10-12-14-29,30-15-19-32(46-7)20-16-30)31-17-21-33(47-8)22-18-31/h10-22,24-26,34-35,37H,23H2,1-9H3,(H,40,41,44,45)/t34-,35+,37+,51?/m0/s1. The van der Waals surface area contributed by atoms with Gasteiger partial charge < -0.3 is 28.8 Å². The van der Waals surface area contributed by atoms with Crippen molar-refractivity contribution in [3.63, 3.8) is 0 Å². The van der Waals surface area contributed by atoms with Gasteiger partial charge in [0.2, 0.25) is 5.91 Å². The fourth-order valence-corrected chi connectivity index (χ4v) is 8.74. The maximum atomic E-state index is 13.5. The van der Waals surface area contributed by atoms with E-state index in [2.05, 4.69) is 49.3 Å². The van der Waals surface area contributed by atoms with Gasteiger partial charge in [0.1, 0.15) is 43.5 Å². The van der Waals surface area contributed by atoms with Gasteiger partial charge in [-0.3, -0.25) is 14.0 Å². The molecule has 272 valence electrons. The van der Waals surface area contributed by atoms with Crippen molar-refractivity contribution in [2.45, 2.75) is 84.3 Å². The van der Waals surface area contributed by atoms with Crippen molar-refractivity contribution in [1.29, 1.82) is 0 Å². The summed E-state index contributed by atoms with van der Waals surface area (Å²) in [6.07, 6.45) is -0.301. The Labute approximate surface area is 301 Å². The predicted octanol–water partition coefficient (Wildman–Crippen LogP) is 7.23. The lowest BCUT2D eigenvalue weighted by Gasteiger charge is -2.40. The van der Waals surface area contributed by atoms with Gasteiger partial charge in [0, 0.05) is 37.2 Å². The van der Waals surface area contributed by atoms with Gasteiger partial charge in [0.15, 0.2) is 6.29 Å². The third-order valence-corrected chi connectivity index (χ3v) is 11.1. The normalized spacial score (nSPS) is 18.3. The Bertz CT molecular complexity index is 1760. The lowest BCUT2D eigenvalue weighted by Crippen LogP contribution is -2.41. The van der Waals surface area contributed by atoms with Gasteiger partial charge >= 0.3 is 5.69 Å². The van der Waals surface area contributed by atoms with E-state index in [0.29, 0.717) is 23.5 Å². The van der Waals surface area contributed by atoms with Gasteiger partial charge in [0.25, 0.3) is 0 Å². The zero-order chi connectivity index (χ0) is 36.9. The molecule has 0 saturated carbocycles. The molecule has 1 fully saturated rings. The second-order valence-electron chi connectivity index (χ2n) is 13.1. The first-order valence-corrected chi connectivity index (χ1v) is 18.8. The van der Waals surface area contributed by atoms with Crippen molar-refractivity contribution in [2.24, 2.45) is 0 Å². The van der Waals surface area contributed by atoms with Crippen LogP contribution in [0.2, 0.25) is 0 Å². The molecule has 4 aromatic rings. The maximum absolute atomic E-state index is 13.5. The number of aromatic nitrogens is 2. The summed E-state index contributed by atoms with van der Waals surface area (Å²) in [5, 5.41) is 2.64. The van der Waals surface area contributed by atoms with Crippen LogP contribution in [0.1, 0.15) is 69.5 Å². The van der Waals surface area contributed by atoms with E-state index < -0.39 is 38.2 Å². The highest BCUT2D eigenvalue weighted by molar-refractivity contribution is 7.49. The van der Waals surface area contributed by atoms with Crippen LogP contribution in [0.4, 0.5) is 5.82 Å². The summed E-state index contributed by atoms with van der Waals surface area (Å²) in [6, 6.07) is 26.0. The monoisotopic (exact) mass is 716 g/mol. The van der Waals surface area contributed by atoms with Crippen molar-refractivity contribution < 1.29 is 28.3 Å². The average Bonchev–Trinajstić information content (AvgIpc) is 3.49. The van der Waals surface area contributed by atoms with E-state index in [1.807, 2.05) is 78.9 Å². The molecule has 0 aliphatic carbocycles. The van der Waals surface area contributed by atoms with E-state index >= 15 is 0 Å². The molecular formula is C39H49N4O7P. The average molecular weight is 717 g/mol. The molecule has 5 rings (SSSR count). The first kappa shape index (κ1) is 38.1. The first-order chi connectivity index (χ1) is 24.4. The summed E-state index contributed by atoms with van der Waals surface area (Å²) in [5.41, 5.74) is 1.41. The summed E-state index contributed by atoms with van der Waals surface area (Å²) in [4.78, 5) is 29.4. The van der Waals surface area contributed by atoms with Crippen molar-refractivity contribution >= 4 is 20.0 Å². The van der Waals surface area contributed by atoms with Crippen molar-refractivity contribution in [1.82, 2.24) is 14.2 Å². The molecule has 1 unspecified atom stereocenters. The van der Waals surface area contributed by atoms with E-state index in [1.54, 1.807) is 27.3 Å². The Kier molecular flexibility index (Phi) is 12.3. The zero-order valence-electron chi connectivity index (χ0n) is 30.8. The van der Waals surface area contributed by atoms with Crippen LogP contribution >= 0.6 is 8.30 Å². The molecule has 1 aliphatic heterocycles. The third kappa shape index (κ3) is 8.35. The lowest BCUT2D eigenvalue weighted by atomic mass is 9.80. The summed E-state index contributed by atoms with van der Waals surface area (Å²) in [7, 11) is 2.16. The molecule has 1 amide bonds. The van der Waals surface area contributed by atoms with Gasteiger partial charge in [-0.2, -0.15) is 4.98 Å². The number of ether oxygens (including phenoxy) is 4. The quantitative estimate of drug-likeness (QED) is 0.107. The molecule has 0 bridgehead atoms. The van der Waals surface area contributed by atoms with E-state index in [0.717, 1.165) is 16.7 Å². The second-order valence-corrected chi connectivity index (χ2v) is 14.7. The van der Waals surface area contributed by atoms with Crippen molar-refractivity contribution in [3.05, 3.63) is 118 Å². The Morgan fingerprint density at radius 2 is 1.45 bits per heavy atom. The number of hydrogen-bond donors (Lipinski definition) is 1. The van der Waals surface area contributed by atoms with Gasteiger partial charge in [-0.1, -0.05) is 54.6 Å². The van der Waals surface area contributed by atoms with Crippen LogP contribution in [0, 0.1) is 6.92 Å². The number of carbonyl (C=O) groups excluding carboxylic acids is 1. The Morgan fingerprint density at radius 1 is 0.922 bits per heavy atom. The number of nitrogens with one attached hydrogen (secondary N) is 1. The number of amides is 1. The lowest BCUT2D eigenvalue weighted by molar-refractivity contribution is -0.213. The number of aryl methyl sites for hydroxylation is 1. The summed E-state index contributed by atoms with van der Waals surface area (Å²) in [5.74, 6) is 1.31. The number of methoxy groups -OCH3 is 2. The predicted molar refractivity (Wildman–Crippen MR) is 199 cm³/mol. The molecule has 11 nitrogen and oxygen atoms in total. The van der Waals surface area contributed by atoms with Crippen LogP contribution in [0.25, 0.3) is 0 Å². The topological polar surface area (TPSA) is 113 Å². The SMILES string of the molecule is COc1ccc(C(O[C@H]2O[C@@H](n3cc(C)c(NC(C)=O)nc3=O)C[C@@H]2OP(C)N(C(C)C)C(C)C)(c2ccccc2)c2ccc(OC)cc2)cc1. The first-order valence-electron chi connectivity index (χ1n) is 17.1. The van der Waals surface area contributed by atoms with Crippen LogP contribution in [0.15, 0.2) is 89.9 Å². The van der Waals surface area contributed by atoms with Crippen LogP contribution < -0.4 is 20.5 Å². The molecule has 12 heteroatoms. The van der Waals surface area contributed by atoms with Crippen LogP contribution in [-0.2, 0) is 24.4 Å².